The van der Waals surface area contributed by atoms with Crippen molar-refractivity contribution in [3.8, 4) is 11.5 Å². The molecule has 1 N–H and O–H groups in total. The number of hydrogen-bond acceptors (Lipinski definition) is 7. The van der Waals surface area contributed by atoms with E-state index < -0.39 is 16.3 Å². The summed E-state index contributed by atoms with van der Waals surface area (Å²) in [5, 5.41) is 10.4. The zero-order valence-corrected chi connectivity index (χ0v) is 20.1. The molecule has 1 unspecified atom stereocenters. The maximum absolute atomic E-state index is 12.9. The van der Waals surface area contributed by atoms with E-state index >= 15 is 0 Å². The van der Waals surface area contributed by atoms with Gasteiger partial charge in [-0.1, -0.05) is 18.9 Å². The van der Waals surface area contributed by atoms with E-state index in [1.54, 1.807) is 22.8 Å². The van der Waals surface area contributed by atoms with Crippen molar-refractivity contribution in [3.05, 3.63) is 23.8 Å². The van der Waals surface area contributed by atoms with Gasteiger partial charge in [0, 0.05) is 45.8 Å². The summed E-state index contributed by atoms with van der Waals surface area (Å²) in [6.07, 6.45) is 3.45. The van der Waals surface area contributed by atoms with Gasteiger partial charge in [0.2, 0.25) is 0 Å². The zero-order valence-electron chi connectivity index (χ0n) is 19.2. The van der Waals surface area contributed by atoms with Crippen LogP contribution in [0.2, 0.25) is 0 Å². The van der Waals surface area contributed by atoms with Crippen molar-refractivity contribution in [3.63, 3.8) is 0 Å². The topological polar surface area (TPSA) is 91.8 Å². The zero-order chi connectivity index (χ0) is 23.0. The van der Waals surface area contributed by atoms with Crippen molar-refractivity contribution < 1.29 is 27.7 Å². The second-order valence-corrected chi connectivity index (χ2v) is 10.3. The second-order valence-electron chi connectivity index (χ2n) is 8.38. The molecule has 0 spiro atoms. The molecule has 0 aliphatic carbocycles. The van der Waals surface area contributed by atoms with Gasteiger partial charge >= 0.3 is 0 Å². The largest absolute Gasteiger partial charge is 0.493 e. The van der Waals surface area contributed by atoms with E-state index in [0.717, 1.165) is 31.2 Å². The summed E-state index contributed by atoms with van der Waals surface area (Å²) in [7, 11) is -0.202. The van der Waals surface area contributed by atoms with Gasteiger partial charge in [-0.2, -0.15) is 17.0 Å². The minimum Gasteiger partial charge on any atom is -0.493 e. The van der Waals surface area contributed by atoms with Crippen LogP contribution in [0.4, 0.5) is 0 Å². The molecule has 0 bridgehead atoms. The summed E-state index contributed by atoms with van der Waals surface area (Å²) >= 11 is 0. The van der Waals surface area contributed by atoms with E-state index in [-0.39, 0.29) is 6.61 Å². The Bertz CT molecular complexity index is 806. The first-order valence-corrected chi connectivity index (χ1v) is 12.8. The van der Waals surface area contributed by atoms with E-state index in [1.165, 1.54) is 0 Å². The molecule has 0 radical (unpaired) electrons. The highest BCUT2D eigenvalue weighted by Crippen LogP contribution is 2.27. The highest BCUT2D eigenvalue weighted by atomic mass is 32.2. The first kappa shape index (κ1) is 25.2. The number of β-amino-alcohol motifs (C(OH)–C–C–N with tert-alkyl or cyclic N) is 1. The fourth-order valence-corrected chi connectivity index (χ4v) is 5.88. The van der Waals surface area contributed by atoms with E-state index in [9.17, 15) is 13.5 Å². The lowest BCUT2D eigenvalue weighted by Gasteiger charge is -2.37. The number of ether oxygens (including phenoxy) is 3. The van der Waals surface area contributed by atoms with Crippen LogP contribution in [0.3, 0.4) is 0 Å². The first-order chi connectivity index (χ1) is 15.4. The standard InChI is InChI=1S/C22H37N3O6S/c1-29-21-8-7-19(15-22(21)30-2)17-31-18-20(26)16-23-11-13-25(14-12-23)32(27,28)24-9-5-3-4-6-10-24/h7-8,15,20,26H,3-6,9-14,16-18H2,1-2H3. The Balaban J connectivity index is 1.39. The third-order valence-corrected chi connectivity index (χ3v) is 8.08. The van der Waals surface area contributed by atoms with Crippen LogP contribution < -0.4 is 9.47 Å². The molecule has 1 atom stereocenters. The molecule has 9 nitrogen and oxygen atoms in total. The molecule has 32 heavy (non-hydrogen) atoms. The van der Waals surface area contributed by atoms with Gasteiger partial charge in [-0.25, -0.2) is 0 Å². The SMILES string of the molecule is COc1ccc(COCC(O)CN2CCN(S(=O)(=O)N3CCCCCC3)CC2)cc1OC. The van der Waals surface area contributed by atoms with Gasteiger partial charge in [-0.3, -0.25) is 4.90 Å². The van der Waals surface area contributed by atoms with E-state index in [0.29, 0.717) is 63.9 Å². The number of rotatable bonds is 10. The summed E-state index contributed by atoms with van der Waals surface area (Å²) in [4.78, 5) is 2.10. The predicted molar refractivity (Wildman–Crippen MR) is 122 cm³/mol. The molecule has 2 saturated heterocycles. The first-order valence-electron chi connectivity index (χ1n) is 11.4. The molecule has 3 rings (SSSR count). The van der Waals surface area contributed by atoms with Crippen molar-refractivity contribution in [1.82, 2.24) is 13.5 Å². The van der Waals surface area contributed by atoms with Crippen molar-refractivity contribution in [2.45, 2.75) is 38.4 Å². The fourth-order valence-electron chi connectivity index (χ4n) is 4.21. The molecule has 1 aromatic rings. The highest BCUT2D eigenvalue weighted by Gasteiger charge is 2.32. The second kappa shape index (κ2) is 12.2. The van der Waals surface area contributed by atoms with Crippen LogP contribution in [0.15, 0.2) is 18.2 Å². The third-order valence-electron chi connectivity index (χ3n) is 6.04. The van der Waals surface area contributed by atoms with Crippen LogP contribution >= 0.6 is 0 Å². The van der Waals surface area contributed by atoms with Crippen molar-refractivity contribution in [1.29, 1.82) is 0 Å². The predicted octanol–water partition coefficient (Wildman–Crippen LogP) is 1.32. The summed E-state index contributed by atoms with van der Waals surface area (Å²) < 4.78 is 45.3. The molecule has 2 fully saturated rings. The molecule has 2 aliphatic heterocycles. The Hall–Kier alpha value is -1.43. The molecular formula is C22H37N3O6S. The number of aliphatic hydroxyl groups excluding tert-OH is 1. The average Bonchev–Trinajstić information content (AvgIpc) is 3.09. The van der Waals surface area contributed by atoms with E-state index in [2.05, 4.69) is 4.90 Å². The van der Waals surface area contributed by atoms with Gasteiger partial charge in [0.15, 0.2) is 11.5 Å². The van der Waals surface area contributed by atoms with Gasteiger partial charge < -0.3 is 19.3 Å². The van der Waals surface area contributed by atoms with Gasteiger partial charge in [-0.15, -0.1) is 0 Å². The number of hydrogen-bond donors (Lipinski definition) is 1. The van der Waals surface area contributed by atoms with Crippen LogP contribution in [-0.4, -0.2) is 99.8 Å². The number of aliphatic hydroxyl groups is 1. The Kier molecular flexibility index (Phi) is 9.57. The maximum atomic E-state index is 12.9. The summed E-state index contributed by atoms with van der Waals surface area (Å²) in [6, 6.07) is 5.58. The molecule has 2 aliphatic rings. The Labute approximate surface area is 192 Å². The third kappa shape index (κ3) is 6.79. The lowest BCUT2D eigenvalue weighted by atomic mass is 10.2. The van der Waals surface area contributed by atoms with Crippen molar-refractivity contribution >= 4 is 10.2 Å². The average molecular weight is 472 g/mol. The van der Waals surface area contributed by atoms with Crippen LogP contribution in [0.1, 0.15) is 31.2 Å². The minimum atomic E-state index is -3.38. The van der Waals surface area contributed by atoms with Crippen LogP contribution in [-0.2, 0) is 21.6 Å². The van der Waals surface area contributed by atoms with Crippen LogP contribution in [0, 0.1) is 0 Å². The fraction of sp³-hybridized carbons (Fsp3) is 0.727. The smallest absolute Gasteiger partial charge is 0.282 e. The Morgan fingerprint density at radius 2 is 1.53 bits per heavy atom. The number of benzene rings is 1. The van der Waals surface area contributed by atoms with Gasteiger partial charge in [0.1, 0.15) is 0 Å². The van der Waals surface area contributed by atoms with Crippen molar-refractivity contribution in [2.75, 3.05) is 66.6 Å². The number of nitrogens with zero attached hydrogens (tertiary/aromatic N) is 3. The monoisotopic (exact) mass is 471 g/mol. The molecule has 0 aromatic heterocycles. The Morgan fingerprint density at radius 3 is 2.16 bits per heavy atom. The quantitative estimate of drug-likeness (QED) is 0.550. The van der Waals surface area contributed by atoms with Crippen LogP contribution in [0.25, 0.3) is 0 Å². The van der Waals surface area contributed by atoms with Crippen LogP contribution in [0.5, 0.6) is 11.5 Å². The molecule has 0 saturated carbocycles. The van der Waals surface area contributed by atoms with E-state index in [4.69, 9.17) is 14.2 Å². The molecule has 10 heteroatoms. The van der Waals surface area contributed by atoms with Gasteiger partial charge in [0.05, 0.1) is 33.5 Å². The maximum Gasteiger partial charge on any atom is 0.282 e. The highest BCUT2D eigenvalue weighted by molar-refractivity contribution is 7.86. The molecule has 182 valence electrons. The number of piperazine rings is 1. The molecule has 0 amide bonds. The van der Waals surface area contributed by atoms with Gasteiger partial charge in [-0.05, 0) is 30.5 Å². The lowest BCUT2D eigenvalue weighted by Crippen LogP contribution is -2.54. The van der Waals surface area contributed by atoms with E-state index in [1.807, 2.05) is 18.2 Å². The molecule has 1 aromatic carbocycles. The Morgan fingerprint density at radius 1 is 0.906 bits per heavy atom. The number of methoxy groups -OCH3 is 2. The molecule has 2 heterocycles. The summed E-state index contributed by atoms with van der Waals surface area (Å²) in [5.41, 5.74) is 0.933. The van der Waals surface area contributed by atoms with Gasteiger partial charge in [0.25, 0.3) is 10.2 Å². The summed E-state index contributed by atoms with van der Waals surface area (Å²) in [6.45, 7) is 4.41. The minimum absolute atomic E-state index is 0.209. The molecular weight excluding hydrogens is 434 g/mol. The normalized spacial score (nSPS) is 20.6. The van der Waals surface area contributed by atoms with Crippen molar-refractivity contribution in [2.24, 2.45) is 0 Å². The lowest BCUT2D eigenvalue weighted by molar-refractivity contribution is 0.00514. The summed E-state index contributed by atoms with van der Waals surface area (Å²) in [5.74, 6) is 1.30.